The summed E-state index contributed by atoms with van der Waals surface area (Å²) in [6, 6.07) is 6.46. The van der Waals surface area contributed by atoms with Gasteiger partial charge in [0, 0.05) is 18.8 Å². The van der Waals surface area contributed by atoms with Gasteiger partial charge in [0.15, 0.2) is 5.69 Å². The Morgan fingerprint density at radius 3 is 3.31 bits per heavy atom. The number of nitriles is 1. The first kappa shape index (κ1) is 10.9. The molecule has 4 nitrogen and oxygen atoms in total. The van der Waals surface area contributed by atoms with Crippen molar-refractivity contribution >= 4 is 5.69 Å². The molecule has 1 aliphatic heterocycles. The van der Waals surface area contributed by atoms with Crippen molar-refractivity contribution in [2.75, 3.05) is 18.4 Å². The molecule has 0 unspecified atom stereocenters. The lowest BCUT2D eigenvalue weighted by molar-refractivity contribution is 0.574. The van der Waals surface area contributed by atoms with E-state index in [0.29, 0.717) is 11.7 Å². The van der Waals surface area contributed by atoms with E-state index in [4.69, 9.17) is 5.26 Å². The Balaban J connectivity index is 1.82. The summed E-state index contributed by atoms with van der Waals surface area (Å²) in [7, 11) is 0. The van der Waals surface area contributed by atoms with Crippen molar-refractivity contribution in [1.82, 2.24) is 10.3 Å². The average molecular weight is 216 g/mol. The van der Waals surface area contributed by atoms with Gasteiger partial charge in [-0.05, 0) is 37.9 Å². The number of aromatic nitrogens is 1. The van der Waals surface area contributed by atoms with Crippen LogP contribution >= 0.6 is 0 Å². The number of pyridine rings is 1. The van der Waals surface area contributed by atoms with Gasteiger partial charge in [-0.15, -0.1) is 0 Å². The summed E-state index contributed by atoms with van der Waals surface area (Å²) in [6.45, 7) is 2.03. The molecule has 1 aliphatic rings. The minimum atomic E-state index is 0.474. The molecule has 1 aromatic rings. The highest BCUT2D eigenvalue weighted by Crippen LogP contribution is 2.12. The van der Waals surface area contributed by atoms with Crippen LogP contribution in [-0.4, -0.2) is 24.1 Å². The first-order valence-corrected chi connectivity index (χ1v) is 5.72. The molecule has 1 atom stereocenters. The van der Waals surface area contributed by atoms with Gasteiger partial charge in [0.05, 0.1) is 5.69 Å². The van der Waals surface area contributed by atoms with Crippen LogP contribution < -0.4 is 10.6 Å². The topological polar surface area (TPSA) is 60.7 Å². The fourth-order valence-electron chi connectivity index (χ4n) is 2.02. The Hall–Kier alpha value is -1.60. The van der Waals surface area contributed by atoms with Crippen LogP contribution in [0.2, 0.25) is 0 Å². The van der Waals surface area contributed by atoms with Gasteiger partial charge in [-0.2, -0.15) is 5.26 Å². The van der Waals surface area contributed by atoms with E-state index in [-0.39, 0.29) is 0 Å². The normalized spacial score (nSPS) is 19.3. The highest BCUT2D eigenvalue weighted by Gasteiger charge is 2.13. The summed E-state index contributed by atoms with van der Waals surface area (Å²) in [5, 5.41) is 15.6. The number of hydrogen-bond acceptors (Lipinski definition) is 4. The smallest absolute Gasteiger partial charge is 0.163 e. The predicted molar refractivity (Wildman–Crippen MR) is 63.1 cm³/mol. The average Bonchev–Trinajstić information content (AvgIpc) is 2.83. The van der Waals surface area contributed by atoms with Gasteiger partial charge in [-0.3, -0.25) is 0 Å². The van der Waals surface area contributed by atoms with Gasteiger partial charge in [0.2, 0.25) is 0 Å². The second-order valence-electron chi connectivity index (χ2n) is 4.02. The highest BCUT2D eigenvalue weighted by molar-refractivity contribution is 5.53. The number of nitrogens with one attached hydrogen (secondary N) is 2. The molecule has 0 radical (unpaired) electrons. The fourth-order valence-corrected chi connectivity index (χ4v) is 2.02. The molecule has 0 aliphatic carbocycles. The Morgan fingerprint density at radius 2 is 2.56 bits per heavy atom. The van der Waals surface area contributed by atoms with Crippen LogP contribution in [0.3, 0.4) is 0 Å². The molecule has 2 rings (SSSR count). The maximum absolute atomic E-state index is 8.86. The molecule has 16 heavy (non-hydrogen) atoms. The summed E-state index contributed by atoms with van der Waals surface area (Å²) in [6.07, 6.45) is 5.28. The zero-order valence-electron chi connectivity index (χ0n) is 9.24. The van der Waals surface area contributed by atoms with Crippen LogP contribution in [0.5, 0.6) is 0 Å². The van der Waals surface area contributed by atoms with E-state index in [2.05, 4.69) is 21.7 Å². The van der Waals surface area contributed by atoms with E-state index < -0.39 is 0 Å². The van der Waals surface area contributed by atoms with Crippen molar-refractivity contribution in [3.63, 3.8) is 0 Å². The molecule has 1 saturated heterocycles. The van der Waals surface area contributed by atoms with Crippen molar-refractivity contribution < 1.29 is 0 Å². The molecule has 1 fully saturated rings. The Bertz CT molecular complexity index is 377. The monoisotopic (exact) mass is 216 g/mol. The van der Waals surface area contributed by atoms with Gasteiger partial charge in [-0.25, -0.2) is 4.98 Å². The maximum Gasteiger partial charge on any atom is 0.163 e. The quantitative estimate of drug-likeness (QED) is 0.801. The van der Waals surface area contributed by atoms with E-state index in [1.165, 1.54) is 12.8 Å². The first-order valence-electron chi connectivity index (χ1n) is 5.72. The third kappa shape index (κ3) is 2.71. The molecule has 0 amide bonds. The van der Waals surface area contributed by atoms with E-state index in [9.17, 15) is 0 Å². The third-order valence-electron chi connectivity index (χ3n) is 2.88. The lowest BCUT2D eigenvalue weighted by atomic mass is 10.1. The maximum atomic E-state index is 8.86. The van der Waals surface area contributed by atoms with Gasteiger partial charge < -0.3 is 10.6 Å². The summed E-state index contributed by atoms with van der Waals surface area (Å²) in [4.78, 5) is 4.01. The minimum Gasteiger partial charge on any atom is -0.383 e. The zero-order chi connectivity index (χ0) is 11.2. The van der Waals surface area contributed by atoms with E-state index in [0.717, 1.165) is 25.2 Å². The van der Waals surface area contributed by atoms with Crippen molar-refractivity contribution in [1.29, 1.82) is 5.26 Å². The molecular weight excluding hydrogens is 200 g/mol. The second kappa shape index (κ2) is 5.47. The molecular formula is C12H16N4. The zero-order valence-corrected chi connectivity index (χ0v) is 9.24. The van der Waals surface area contributed by atoms with Crippen molar-refractivity contribution in [2.24, 2.45) is 0 Å². The number of hydrogen-bond donors (Lipinski definition) is 2. The largest absolute Gasteiger partial charge is 0.383 e. The van der Waals surface area contributed by atoms with Gasteiger partial charge in [-0.1, -0.05) is 0 Å². The minimum absolute atomic E-state index is 0.474. The van der Waals surface area contributed by atoms with Gasteiger partial charge in [0.1, 0.15) is 6.07 Å². The highest BCUT2D eigenvalue weighted by atomic mass is 15.0. The van der Waals surface area contributed by atoms with Crippen LogP contribution in [0.15, 0.2) is 18.3 Å². The Morgan fingerprint density at radius 1 is 1.62 bits per heavy atom. The number of rotatable bonds is 4. The van der Waals surface area contributed by atoms with E-state index in [1.54, 1.807) is 6.20 Å². The van der Waals surface area contributed by atoms with Crippen LogP contribution in [0, 0.1) is 11.3 Å². The SMILES string of the molecule is N#Cc1ncccc1NCC[C@@H]1CCCN1. The summed E-state index contributed by atoms with van der Waals surface area (Å²) in [5.74, 6) is 0. The summed E-state index contributed by atoms with van der Waals surface area (Å²) in [5.41, 5.74) is 1.31. The standard InChI is InChI=1S/C12H16N4/c13-9-12-11(4-2-7-15-12)16-8-5-10-3-1-6-14-10/h2,4,7,10,14,16H,1,3,5-6,8H2/t10-/m0/s1. The van der Waals surface area contributed by atoms with Gasteiger partial charge >= 0.3 is 0 Å². The number of nitrogens with zero attached hydrogens (tertiary/aromatic N) is 2. The molecule has 2 N–H and O–H groups in total. The lowest BCUT2D eigenvalue weighted by Gasteiger charge is -2.11. The van der Waals surface area contributed by atoms with Crippen LogP contribution in [0.1, 0.15) is 25.0 Å². The van der Waals surface area contributed by atoms with Crippen molar-refractivity contribution in [3.8, 4) is 6.07 Å². The van der Waals surface area contributed by atoms with E-state index >= 15 is 0 Å². The van der Waals surface area contributed by atoms with Crippen molar-refractivity contribution in [3.05, 3.63) is 24.0 Å². The van der Waals surface area contributed by atoms with Gasteiger partial charge in [0.25, 0.3) is 0 Å². The van der Waals surface area contributed by atoms with Crippen LogP contribution in [-0.2, 0) is 0 Å². The number of anilines is 1. The molecule has 1 aromatic heterocycles. The third-order valence-corrected chi connectivity index (χ3v) is 2.88. The van der Waals surface area contributed by atoms with Crippen molar-refractivity contribution in [2.45, 2.75) is 25.3 Å². The fraction of sp³-hybridized carbons (Fsp3) is 0.500. The summed E-state index contributed by atoms with van der Waals surface area (Å²) < 4.78 is 0. The molecule has 4 heteroatoms. The summed E-state index contributed by atoms with van der Waals surface area (Å²) >= 11 is 0. The van der Waals surface area contributed by atoms with Crippen LogP contribution in [0.25, 0.3) is 0 Å². The molecule has 0 bridgehead atoms. The molecule has 0 saturated carbocycles. The predicted octanol–water partition coefficient (Wildman–Crippen LogP) is 1.51. The Labute approximate surface area is 95.7 Å². The molecule has 0 aromatic carbocycles. The second-order valence-corrected chi connectivity index (χ2v) is 4.02. The Kier molecular flexibility index (Phi) is 3.73. The molecule has 0 spiro atoms. The first-order chi connectivity index (χ1) is 7.90. The molecule has 84 valence electrons. The lowest BCUT2D eigenvalue weighted by Crippen LogP contribution is -2.24. The van der Waals surface area contributed by atoms with Crippen LogP contribution in [0.4, 0.5) is 5.69 Å². The molecule has 2 heterocycles. The van der Waals surface area contributed by atoms with E-state index in [1.807, 2.05) is 12.1 Å².